The van der Waals surface area contributed by atoms with Crippen LogP contribution in [0, 0.1) is 0 Å². The minimum absolute atomic E-state index is 0.0823. The molecule has 2 aliphatic heterocycles. The SMILES string of the molecule is O=C(O)[C@@H]1CCC[NH+]1S(=O)(=O)c1ccc(-c2cccc(NC(=O)C3(c4ccc5c(c4)OCO5)CC3)c2)cc1. The summed E-state index contributed by atoms with van der Waals surface area (Å²) in [5.74, 6) is 0.151. The van der Waals surface area contributed by atoms with E-state index in [-0.39, 0.29) is 28.4 Å². The standard InChI is InChI=1S/C28H26N2O7S/c31-26(32)23-5-2-14-30(23)38(34,35)22-9-6-18(7-10-22)19-3-1-4-21(15-19)29-27(33)28(12-13-28)20-8-11-24-25(16-20)37-17-36-24/h1,3-4,6-11,15-16,23H,2,5,12-14,17H2,(H,29,33)(H,31,32)/p+1/t23-/m0/s1. The van der Waals surface area contributed by atoms with Gasteiger partial charge < -0.3 is 19.9 Å². The number of sulfonamides is 1. The van der Waals surface area contributed by atoms with Crippen molar-refractivity contribution in [1.82, 2.24) is 0 Å². The molecule has 9 nitrogen and oxygen atoms in total. The van der Waals surface area contributed by atoms with Crippen molar-refractivity contribution in [3.8, 4) is 22.6 Å². The van der Waals surface area contributed by atoms with Crippen LogP contribution in [0.1, 0.15) is 31.2 Å². The van der Waals surface area contributed by atoms with Gasteiger partial charge in [0.15, 0.2) is 17.5 Å². The van der Waals surface area contributed by atoms with Crippen LogP contribution in [0.5, 0.6) is 11.5 Å². The zero-order chi connectivity index (χ0) is 26.5. The number of carboxylic acid groups (broad SMARTS) is 1. The summed E-state index contributed by atoms with van der Waals surface area (Å²) in [7, 11) is -3.83. The number of hydrogen-bond acceptors (Lipinski definition) is 6. The van der Waals surface area contributed by atoms with Gasteiger partial charge in [-0.15, -0.1) is 0 Å². The van der Waals surface area contributed by atoms with Gasteiger partial charge in [-0.2, -0.15) is 8.42 Å². The summed E-state index contributed by atoms with van der Waals surface area (Å²) < 4.78 is 37.1. The first-order valence-corrected chi connectivity index (χ1v) is 14.0. The third-order valence-electron chi connectivity index (χ3n) is 7.68. The van der Waals surface area contributed by atoms with E-state index in [1.807, 2.05) is 42.5 Å². The Balaban J connectivity index is 1.19. The van der Waals surface area contributed by atoms with Gasteiger partial charge in [-0.05, 0) is 65.9 Å². The van der Waals surface area contributed by atoms with E-state index in [1.54, 1.807) is 12.1 Å². The fraction of sp³-hybridized carbons (Fsp3) is 0.286. The fourth-order valence-electron chi connectivity index (χ4n) is 5.37. The van der Waals surface area contributed by atoms with Crippen LogP contribution in [0.25, 0.3) is 11.1 Å². The van der Waals surface area contributed by atoms with Gasteiger partial charge in [0.05, 0.1) is 12.0 Å². The van der Waals surface area contributed by atoms with Crippen LogP contribution in [0.15, 0.2) is 71.6 Å². The Labute approximate surface area is 220 Å². The number of ether oxygens (including phenoxy) is 2. The molecule has 1 aliphatic carbocycles. The van der Waals surface area contributed by atoms with E-state index in [0.29, 0.717) is 30.0 Å². The molecule has 38 heavy (non-hydrogen) atoms. The first-order valence-electron chi connectivity index (χ1n) is 12.5. The Morgan fingerprint density at radius 2 is 1.71 bits per heavy atom. The molecule has 0 bridgehead atoms. The Kier molecular flexibility index (Phi) is 5.88. The lowest BCUT2D eigenvalue weighted by atomic mass is 9.94. The molecule has 3 N–H and O–H groups in total. The molecule has 1 saturated heterocycles. The minimum Gasteiger partial charge on any atom is -0.477 e. The van der Waals surface area contributed by atoms with Gasteiger partial charge in [-0.3, -0.25) is 4.79 Å². The molecule has 0 radical (unpaired) electrons. The predicted octanol–water partition coefficient (Wildman–Crippen LogP) is 2.57. The van der Waals surface area contributed by atoms with Crippen molar-refractivity contribution in [3.63, 3.8) is 0 Å². The van der Waals surface area contributed by atoms with Crippen molar-refractivity contribution >= 4 is 27.6 Å². The number of aliphatic carboxylic acids is 1. The number of fused-ring (bicyclic) bond motifs is 1. The van der Waals surface area contributed by atoms with Gasteiger partial charge in [0.1, 0.15) is 4.90 Å². The summed E-state index contributed by atoms with van der Waals surface area (Å²) in [6.45, 7) is 0.455. The van der Waals surface area contributed by atoms with E-state index in [9.17, 15) is 23.1 Å². The first kappa shape index (κ1) is 24.4. The van der Waals surface area contributed by atoms with Crippen LogP contribution in [0.3, 0.4) is 0 Å². The van der Waals surface area contributed by atoms with Crippen molar-refractivity contribution in [1.29, 1.82) is 0 Å². The van der Waals surface area contributed by atoms with E-state index in [0.717, 1.165) is 29.5 Å². The van der Waals surface area contributed by atoms with Gasteiger partial charge in [-0.1, -0.05) is 30.3 Å². The number of quaternary nitrogens is 1. The monoisotopic (exact) mass is 535 g/mol. The number of rotatable bonds is 7. The lowest BCUT2D eigenvalue weighted by Crippen LogP contribution is -3.16. The number of amides is 1. The maximum Gasteiger partial charge on any atom is 0.363 e. The number of benzene rings is 3. The number of carbonyl (C=O) groups excluding carboxylic acids is 1. The molecule has 0 spiro atoms. The molecule has 10 heteroatoms. The molecule has 3 aromatic rings. The summed E-state index contributed by atoms with van der Waals surface area (Å²) in [4.78, 5) is 24.9. The molecule has 6 rings (SSSR count). The number of carbonyl (C=O) groups is 2. The van der Waals surface area contributed by atoms with E-state index >= 15 is 0 Å². The molecule has 196 valence electrons. The Hall–Kier alpha value is -3.89. The van der Waals surface area contributed by atoms with Crippen LogP contribution in [0.2, 0.25) is 0 Å². The number of hydrogen-bond donors (Lipinski definition) is 3. The first-order chi connectivity index (χ1) is 18.3. The fourth-order valence-corrected chi connectivity index (χ4v) is 7.17. The normalized spacial score (nSPS) is 21.2. The molecule has 2 atom stereocenters. The summed E-state index contributed by atoms with van der Waals surface area (Å²) in [5, 5.41) is 12.4. The molecular formula is C28H27N2O7S+. The van der Waals surface area contributed by atoms with E-state index in [2.05, 4.69) is 5.32 Å². The average Bonchev–Trinajstić information content (AvgIpc) is 3.33. The molecule has 3 aromatic carbocycles. The smallest absolute Gasteiger partial charge is 0.363 e. The molecule has 2 heterocycles. The number of carboxylic acids is 1. The van der Waals surface area contributed by atoms with Crippen molar-refractivity contribution in [2.45, 2.75) is 42.0 Å². The summed E-state index contributed by atoms with van der Waals surface area (Å²) in [6.07, 6.45) is 2.39. The van der Waals surface area contributed by atoms with Crippen LogP contribution in [0.4, 0.5) is 5.69 Å². The molecule has 1 saturated carbocycles. The van der Waals surface area contributed by atoms with E-state index in [4.69, 9.17) is 9.47 Å². The Bertz CT molecular complexity index is 1530. The summed E-state index contributed by atoms with van der Waals surface area (Å²) in [6, 6.07) is 18.5. The van der Waals surface area contributed by atoms with Crippen LogP contribution < -0.4 is 19.1 Å². The third-order valence-corrected chi connectivity index (χ3v) is 9.75. The van der Waals surface area contributed by atoms with E-state index in [1.165, 1.54) is 12.1 Å². The Morgan fingerprint density at radius 1 is 0.947 bits per heavy atom. The Morgan fingerprint density at radius 3 is 2.45 bits per heavy atom. The molecular weight excluding hydrogens is 508 g/mol. The quantitative estimate of drug-likeness (QED) is 0.425. The topological polar surface area (TPSA) is 123 Å². The van der Waals surface area contributed by atoms with Gasteiger partial charge in [-0.25, -0.2) is 9.10 Å². The van der Waals surface area contributed by atoms with Crippen LogP contribution in [-0.2, 0) is 25.0 Å². The third kappa shape index (κ3) is 4.19. The van der Waals surface area contributed by atoms with E-state index < -0.39 is 27.4 Å². The number of nitrogens with one attached hydrogen (secondary N) is 2. The second kappa shape index (κ2) is 9.14. The van der Waals surface area contributed by atoms with Gasteiger partial charge >= 0.3 is 16.0 Å². The molecule has 1 amide bonds. The van der Waals surface area contributed by atoms with Crippen LogP contribution in [-0.4, -0.2) is 44.8 Å². The predicted molar refractivity (Wildman–Crippen MR) is 138 cm³/mol. The second-order valence-electron chi connectivity index (χ2n) is 9.96. The van der Waals surface area contributed by atoms with Crippen molar-refractivity contribution in [2.75, 3.05) is 18.7 Å². The van der Waals surface area contributed by atoms with Crippen molar-refractivity contribution in [2.24, 2.45) is 0 Å². The van der Waals surface area contributed by atoms with Gasteiger partial charge in [0.2, 0.25) is 12.7 Å². The molecule has 3 aliphatic rings. The highest BCUT2D eigenvalue weighted by molar-refractivity contribution is 7.85. The lowest BCUT2D eigenvalue weighted by molar-refractivity contribution is -0.771. The average molecular weight is 536 g/mol. The van der Waals surface area contributed by atoms with Gasteiger partial charge in [0.25, 0.3) is 0 Å². The van der Waals surface area contributed by atoms with Crippen molar-refractivity contribution < 1.29 is 36.9 Å². The second-order valence-corrected chi connectivity index (χ2v) is 12.0. The molecule has 0 aromatic heterocycles. The highest BCUT2D eigenvalue weighted by atomic mass is 32.2. The number of anilines is 1. The zero-order valence-electron chi connectivity index (χ0n) is 20.5. The zero-order valence-corrected chi connectivity index (χ0v) is 21.3. The molecule has 2 fully saturated rings. The maximum absolute atomic E-state index is 13.3. The highest BCUT2D eigenvalue weighted by Gasteiger charge is 2.51. The van der Waals surface area contributed by atoms with Crippen molar-refractivity contribution in [3.05, 3.63) is 72.3 Å². The summed E-state index contributed by atoms with van der Waals surface area (Å²) in [5.41, 5.74) is 2.54. The van der Waals surface area contributed by atoms with Gasteiger partial charge in [0, 0.05) is 18.5 Å². The summed E-state index contributed by atoms with van der Waals surface area (Å²) >= 11 is 0. The van der Waals surface area contributed by atoms with Crippen LogP contribution >= 0.6 is 0 Å². The maximum atomic E-state index is 13.3. The minimum atomic E-state index is -3.83. The largest absolute Gasteiger partial charge is 0.477 e. The molecule has 1 unspecified atom stereocenters. The highest BCUT2D eigenvalue weighted by Crippen LogP contribution is 2.51. The lowest BCUT2D eigenvalue weighted by Gasteiger charge is -2.18.